The SMILES string of the molecule is CCCCCCCCCCCCc1ccccc1S(=O)(=O)[O-].CCCCCCCCCCCCc1ccccc1S(=O)(=O)[O-].OCCN(CCO)CCO.[K+].[K+]. The van der Waals surface area contributed by atoms with Crippen LogP contribution in [0.15, 0.2) is 58.3 Å². The Morgan fingerprint density at radius 1 is 0.446 bits per heavy atom. The molecule has 3 N–H and O–H groups in total. The molecule has 314 valence electrons. The van der Waals surface area contributed by atoms with Crippen molar-refractivity contribution in [2.75, 3.05) is 39.5 Å². The third-order valence-corrected chi connectivity index (χ3v) is 11.2. The second-order valence-electron chi connectivity index (χ2n) is 14.0. The summed E-state index contributed by atoms with van der Waals surface area (Å²) in [7, 11) is -8.69. The number of aryl methyl sites for hydroxylation is 2. The Kier molecular flexibility index (Phi) is 45.9. The van der Waals surface area contributed by atoms with Crippen molar-refractivity contribution < 1.29 is 144 Å². The van der Waals surface area contributed by atoms with E-state index in [1.807, 2.05) is 0 Å². The monoisotopic (exact) mass is 877 g/mol. The molecule has 2 aromatic rings. The van der Waals surface area contributed by atoms with Gasteiger partial charge >= 0.3 is 103 Å². The van der Waals surface area contributed by atoms with Gasteiger partial charge in [0.2, 0.25) is 0 Å². The van der Waals surface area contributed by atoms with Gasteiger partial charge in [-0.2, -0.15) is 0 Å². The summed E-state index contributed by atoms with van der Waals surface area (Å²) in [4.78, 5) is 1.69. The number of rotatable bonds is 30. The molecule has 0 radical (unpaired) electrons. The zero-order valence-electron chi connectivity index (χ0n) is 35.5. The van der Waals surface area contributed by atoms with E-state index in [1.54, 1.807) is 41.3 Å². The Labute approximate surface area is 427 Å². The molecule has 0 spiro atoms. The third kappa shape index (κ3) is 35.0. The molecule has 2 aromatic carbocycles. The van der Waals surface area contributed by atoms with Crippen LogP contribution in [0.4, 0.5) is 0 Å². The fourth-order valence-corrected chi connectivity index (χ4v) is 7.75. The number of aliphatic hydroxyl groups is 3. The van der Waals surface area contributed by atoms with Crippen molar-refractivity contribution in [2.24, 2.45) is 0 Å². The number of unbranched alkanes of at least 4 members (excludes halogenated alkanes) is 18. The van der Waals surface area contributed by atoms with Crippen molar-refractivity contribution in [1.82, 2.24) is 4.90 Å². The maximum atomic E-state index is 11.2. The van der Waals surface area contributed by atoms with E-state index in [0.29, 0.717) is 43.6 Å². The number of hydrogen-bond donors (Lipinski definition) is 3. The minimum absolute atomic E-state index is 0. The number of nitrogens with zero attached hydrogens (tertiary/aromatic N) is 1. The molecule has 56 heavy (non-hydrogen) atoms. The van der Waals surface area contributed by atoms with Gasteiger partial charge in [0.25, 0.3) is 0 Å². The Balaban J connectivity index is -0.000000790. The predicted molar refractivity (Wildman–Crippen MR) is 218 cm³/mol. The van der Waals surface area contributed by atoms with Crippen LogP contribution < -0.4 is 103 Å². The third-order valence-electron chi connectivity index (χ3n) is 9.33. The van der Waals surface area contributed by atoms with Gasteiger partial charge in [-0.05, 0) is 48.9 Å². The zero-order chi connectivity index (χ0) is 40.3. The van der Waals surface area contributed by atoms with Gasteiger partial charge in [0.05, 0.1) is 29.6 Å². The fourth-order valence-electron chi connectivity index (χ4n) is 6.27. The van der Waals surface area contributed by atoms with Crippen LogP contribution in [0.25, 0.3) is 0 Å². The van der Waals surface area contributed by atoms with E-state index in [-0.39, 0.29) is 132 Å². The van der Waals surface area contributed by atoms with Crippen LogP contribution in [0.3, 0.4) is 0 Å². The number of aliphatic hydroxyl groups excluding tert-OH is 3. The fraction of sp³-hybridized carbons (Fsp3) is 0.714. The summed E-state index contributed by atoms with van der Waals surface area (Å²) >= 11 is 0. The van der Waals surface area contributed by atoms with Crippen LogP contribution in [0, 0.1) is 0 Å². The van der Waals surface area contributed by atoms with Gasteiger partial charge in [-0.1, -0.05) is 166 Å². The van der Waals surface area contributed by atoms with Gasteiger partial charge in [-0.15, -0.1) is 0 Å². The molecule has 0 aromatic heterocycles. The van der Waals surface area contributed by atoms with E-state index in [9.17, 15) is 25.9 Å². The second-order valence-corrected chi connectivity index (χ2v) is 16.7. The summed E-state index contributed by atoms with van der Waals surface area (Å²) in [5.74, 6) is 0. The average Bonchev–Trinajstić information content (AvgIpc) is 3.13. The van der Waals surface area contributed by atoms with Crippen molar-refractivity contribution >= 4 is 20.2 Å². The average molecular weight is 878 g/mol. The molecule has 0 unspecified atom stereocenters. The van der Waals surface area contributed by atoms with Crippen molar-refractivity contribution in [2.45, 2.75) is 165 Å². The van der Waals surface area contributed by atoms with Gasteiger partial charge in [-0.25, -0.2) is 16.8 Å². The van der Waals surface area contributed by atoms with Crippen LogP contribution in [-0.2, 0) is 33.1 Å². The molecule has 0 saturated heterocycles. The van der Waals surface area contributed by atoms with Crippen LogP contribution in [0.2, 0.25) is 0 Å². The molecule has 0 aliphatic rings. The molecule has 0 amide bonds. The van der Waals surface area contributed by atoms with Crippen LogP contribution in [0.1, 0.15) is 153 Å². The molecular weight excluding hydrogens is 805 g/mol. The summed E-state index contributed by atoms with van der Waals surface area (Å²) < 4.78 is 67.1. The Morgan fingerprint density at radius 3 is 0.946 bits per heavy atom. The molecule has 0 atom stereocenters. The number of hydrogen-bond acceptors (Lipinski definition) is 10. The van der Waals surface area contributed by atoms with E-state index in [2.05, 4.69) is 13.8 Å². The summed E-state index contributed by atoms with van der Waals surface area (Å²) in [5.41, 5.74) is 1.33. The minimum atomic E-state index is -4.35. The summed E-state index contributed by atoms with van der Waals surface area (Å²) in [5, 5.41) is 25.5. The Morgan fingerprint density at radius 2 is 0.696 bits per heavy atom. The first kappa shape index (κ1) is 61.7. The van der Waals surface area contributed by atoms with Crippen molar-refractivity contribution in [1.29, 1.82) is 0 Å². The topological polar surface area (TPSA) is 178 Å². The predicted octanol–water partition coefficient (Wildman–Crippen LogP) is 2.38. The van der Waals surface area contributed by atoms with Crippen molar-refractivity contribution in [3.63, 3.8) is 0 Å². The van der Waals surface area contributed by atoms with E-state index in [4.69, 9.17) is 15.3 Å². The van der Waals surface area contributed by atoms with Crippen molar-refractivity contribution in [3.8, 4) is 0 Å². The molecule has 2 rings (SSSR count). The molecule has 0 saturated carbocycles. The van der Waals surface area contributed by atoms with Gasteiger partial charge in [0.1, 0.15) is 20.2 Å². The standard InChI is InChI=1S/2C18H30O3S.C6H15NO3.2K/c2*1-2-3-4-5-6-7-8-9-10-11-14-17-15-12-13-16-18(17)22(19,20)21;8-4-1-7(2-5-9)3-6-10;;/h2*12-13,15-16H,2-11,14H2,1H3,(H,19,20,21);8-10H,1-6H2;;/q;;;2*+1/p-2. The van der Waals surface area contributed by atoms with Crippen molar-refractivity contribution in [3.05, 3.63) is 59.7 Å². The summed E-state index contributed by atoms with van der Waals surface area (Å²) in [6, 6.07) is 13.1. The number of benzene rings is 2. The van der Waals surface area contributed by atoms with E-state index in [1.165, 1.54) is 115 Å². The molecular formula is C42H73K2NO9S2. The smallest absolute Gasteiger partial charge is 0.744 e. The first-order valence-electron chi connectivity index (χ1n) is 20.6. The molecule has 10 nitrogen and oxygen atoms in total. The largest absolute Gasteiger partial charge is 1.00 e. The van der Waals surface area contributed by atoms with Gasteiger partial charge in [0, 0.05) is 19.6 Å². The molecule has 0 fully saturated rings. The normalized spacial score (nSPS) is 11.1. The maximum absolute atomic E-state index is 11.2. The first-order chi connectivity index (χ1) is 26.0. The van der Waals surface area contributed by atoms with Gasteiger partial charge < -0.3 is 24.4 Å². The Bertz CT molecular complexity index is 1270. The summed E-state index contributed by atoms with van der Waals surface area (Å²) in [6.45, 7) is 6.22. The van der Waals surface area contributed by atoms with Gasteiger partial charge in [0.15, 0.2) is 0 Å². The molecule has 0 heterocycles. The molecule has 0 aliphatic carbocycles. The Hall–Kier alpha value is 1.37. The molecule has 0 bridgehead atoms. The first-order valence-corrected chi connectivity index (χ1v) is 23.4. The summed E-state index contributed by atoms with van der Waals surface area (Å²) in [6.07, 6.45) is 26.3. The van der Waals surface area contributed by atoms with E-state index < -0.39 is 20.2 Å². The molecule has 14 heteroatoms. The zero-order valence-corrected chi connectivity index (χ0v) is 43.4. The van der Waals surface area contributed by atoms with Gasteiger partial charge in [-0.3, -0.25) is 4.90 Å². The van der Waals surface area contributed by atoms with Crippen LogP contribution in [-0.4, -0.2) is 85.6 Å². The van der Waals surface area contributed by atoms with E-state index >= 15 is 0 Å². The molecule has 0 aliphatic heterocycles. The minimum Gasteiger partial charge on any atom is -0.744 e. The maximum Gasteiger partial charge on any atom is 1.00 e. The van der Waals surface area contributed by atoms with Crippen LogP contribution in [0.5, 0.6) is 0 Å². The van der Waals surface area contributed by atoms with E-state index in [0.717, 1.165) is 25.7 Å². The second kappa shape index (κ2) is 41.7. The van der Waals surface area contributed by atoms with Crippen LogP contribution >= 0.6 is 0 Å². The quantitative estimate of drug-likeness (QED) is 0.0600.